The van der Waals surface area contributed by atoms with Crippen molar-refractivity contribution in [3.05, 3.63) is 11.6 Å². The van der Waals surface area contributed by atoms with Crippen molar-refractivity contribution in [2.24, 2.45) is 11.7 Å². The molecule has 1 aromatic heterocycles. The van der Waals surface area contributed by atoms with Gasteiger partial charge >= 0.3 is 0 Å². The van der Waals surface area contributed by atoms with Gasteiger partial charge in [0.05, 0.1) is 6.54 Å². The van der Waals surface area contributed by atoms with Crippen LogP contribution in [0.2, 0.25) is 0 Å². The second kappa shape index (κ2) is 5.47. The van der Waals surface area contributed by atoms with E-state index >= 15 is 0 Å². The maximum atomic E-state index is 5.88. The van der Waals surface area contributed by atoms with Gasteiger partial charge in [0.1, 0.15) is 11.6 Å². The molecule has 1 aromatic rings. The Morgan fingerprint density at radius 1 is 1.20 bits per heavy atom. The number of hydrogen-bond acceptors (Lipinski definition) is 3. The summed E-state index contributed by atoms with van der Waals surface area (Å²) < 4.78 is 2.31. The van der Waals surface area contributed by atoms with Crippen molar-refractivity contribution in [3.8, 4) is 0 Å². The standard InChI is InChI=1S/C16H30N4/c1-12(2)10-16(8-6-7-9-16)14-19-18-13(11-17)20(14)15(3,4)5/h12H,6-11,17H2,1-5H3. The van der Waals surface area contributed by atoms with Gasteiger partial charge in [-0.3, -0.25) is 0 Å². The van der Waals surface area contributed by atoms with Crippen molar-refractivity contribution in [2.75, 3.05) is 0 Å². The van der Waals surface area contributed by atoms with Crippen LogP contribution in [-0.2, 0) is 17.5 Å². The third kappa shape index (κ3) is 2.76. The minimum Gasteiger partial charge on any atom is -0.324 e. The van der Waals surface area contributed by atoms with Gasteiger partial charge in [0.25, 0.3) is 0 Å². The largest absolute Gasteiger partial charge is 0.324 e. The highest BCUT2D eigenvalue weighted by atomic mass is 15.3. The third-order valence-electron chi connectivity index (χ3n) is 4.42. The summed E-state index contributed by atoms with van der Waals surface area (Å²) in [5.41, 5.74) is 6.08. The summed E-state index contributed by atoms with van der Waals surface area (Å²) in [6, 6.07) is 0. The molecule has 0 saturated heterocycles. The lowest BCUT2D eigenvalue weighted by atomic mass is 9.77. The van der Waals surface area contributed by atoms with Crippen LogP contribution in [0.15, 0.2) is 0 Å². The van der Waals surface area contributed by atoms with Crippen molar-refractivity contribution in [2.45, 2.75) is 84.2 Å². The molecule has 0 aromatic carbocycles. The van der Waals surface area contributed by atoms with Crippen LogP contribution in [0.25, 0.3) is 0 Å². The van der Waals surface area contributed by atoms with E-state index < -0.39 is 0 Å². The van der Waals surface area contributed by atoms with Crippen molar-refractivity contribution in [1.29, 1.82) is 0 Å². The van der Waals surface area contributed by atoms with Crippen molar-refractivity contribution < 1.29 is 0 Å². The van der Waals surface area contributed by atoms with Gasteiger partial charge in [-0.1, -0.05) is 26.7 Å². The Bertz CT molecular complexity index is 448. The summed E-state index contributed by atoms with van der Waals surface area (Å²) in [5.74, 6) is 2.78. The zero-order chi connectivity index (χ0) is 15.0. The first kappa shape index (κ1) is 15.5. The molecule has 1 aliphatic rings. The van der Waals surface area contributed by atoms with E-state index in [1.807, 2.05) is 0 Å². The summed E-state index contributed by atoms with van der Waals surface area (Å²) in [7, 11) is 0. The lowest BCUT2D eigenvalue weighted by Crippen LogP contribution is -2.35. The number of aromatic nitrogens is 3. The minimum atomic E-state index is -0.0138. The second-order valence-electron chi connectivity index (χ2n) is 7.74. The van der Waals surface area contributed by atoms with Crippen molar-refractivity contribution in [3.63, 3.8) is 0 Å². The van der Waals surface area contributed by atoms with Crippen LogP contribution in [0.1, 0.15) is 78.4 Å². The summed E-state index contributed by atoms with van der Waals surface area (Å²) in [6.45, 7) is 11.7. The number of rotatable bonds is 4. The van der Waals surface area contributed by atoms with Crippen LogP contribution in [0, 0.1) is 5.92 Å². The zero-order valence-electron chi connectivity index (χ0n) is 13.7. The quantitative estimate of drug-likeness (QED) is 0.919. The van der Waals surface area contributed by atoms with Crippen LogP contribution in [0.5, 0.6) is 0 Å². The van der Waals surface area contributed by atoms with Gasteiger partial charge in [0.2, 0.25) is 0 Å². The van der Waals surface area contributed by atoms with Gasteiger partial charge in [-0.2, -0.15) is 0 Å². The Kier molecular flexibility index (Phi) is 4.24. The highest BCUT2D eigenvalue weighted by Crippen LogP contribution is 2.46. The zero-order valence-corrected chi connectivity index (χ0v) is 13.7. The van der Waals surface area contributed by atoms with Gasteiger partial charge in [-0.05, 0) is 46.0 Å². The molecule has 0 amide bonds. The lowest BCUT2D eigenvalue weighted by Gasteiger charge is -2.34. The second-order valence-corrected chi connectivity index (χ2v) is 7.74. The first-order chi connectivity index (χ1) is 9.30. The third-order valence-corrected chi connectivity index (χ3v) is 4.42. The number of nitrogens with two attached hydrogens (primary N) is 1. The first-order valence-corrected chi connectivity index (χ1v) is 7.95. The molecule has 1 fully saturated rings. The van der Waals surface area contributed by atoms with E-state index in [1.165, 1.54) is 37.9 Å². The predicted molar refractivity (Wildman–Crippen MR) is 82.5 cm³/mol. The average Bonchev–Trinajstić information content (AvgIpc) is 2.92. The molecule has 1 aliphatic carbocycles. The number of nitrogens with zero attached hydrogens (tertiary/aromatic N) is 3. The molecule has 114 valence electrons. The predicted octanol–water partition coefficient (Wildman–Crippen LogP) is 3.35. The maximum absolute atomic E-state index is 5.88. The maximum Gasteiger partial charge on any atom is 0.147 e. The molecule has 0 spiro atoms. The Hall–Kier alpha value is -0.900. The number of hydrogen-bond donors (Lipinski definition) is 1. The van der Waals surface area contributed by atoms with E-state index in [0.717, 1.165) is 5.82 Å². The summed E-state index contributed by atoms with van der Waals surface area (Å²) in [6.07, 6.45) is 6.29. The van der Waals surface area contributed by atoms with E-state index in [1.54, 1.807) is 0 Å². The monoisotopic (exact) mass is 278 g/mol. The van der Waals surface area contributed by atoms with E-state index in [0.29, 0.717) is 12.5 Å². The molecule has 0 aliphatic heterocycles. The lowest BCUT2D eigenvalue weighted by molar-refractivity contribution is 0.279. The fourth-order valence-corrected chi connectivity index (χ4v) is 3.85. The molecule has 2 N–H and O–H groups in total. The Balaban J connectivity index is 2.52. The molecule has 20 heavy (non-hydrogen) atoms. The topological polar surface area (TPSA) is 56.7 Å². The fourth-order valence-electron chi connectivity index (χ4n) is 3.85. The van der Waals surface area contributed by atoms with Crippen LogP contribution >= 0.6 is 0 Å². The molecule has 2 rings (SSSR count). The molecule has 0 unspecified atom stereocenters. The van der Waals surface area contributed by atoms with Crippen LogP contribution in [-0.4, -0.2) is 14.8 Å². The van der Waals surface area contributed by atoms with Crippen LogP contribution < -0.4 is 5.73 Å². The molecule has 0 bridgehead atoms. The Morgan fingerprint density at radius 2 is 1.80 bits per heavy atom. The molecular weight excluding hydrogens is 248 g/mol. The summed E-state index contributed by atoms with van der Waals surface area (Å²) >= 11 is 0. The van der Waals surface area contributed by atoms with Gasteiger partial charge in [-0.25, -0.2) is 0 Å². The van der Waals surface area contributed by atoms with Crippen LogP contribution in [0.3, 0.4) is 0 Å². The Labute approximate surface area is 123 Å². The van der Waals surface area contributed by atoms with Gasteiger partial charge < -0.3 is 10.3 Å². The van der Waals surface area contributed by atoms with E-state index in [-0.39, 0.29) is 11.0 Å². The molecule has 4 heteroatoms. The van der Waals surface area contributed by atoms with Gasteiger partial charge in [0, 0.05) is 11.0 Å². The van der Waals surface area contributed by atoms with Crippen LogP contribution in [0.4, 0.5) is 0 Å². The minimum absolute atomic E-state index is 0.0138. The van der Waals surface area contributed by atoms with Gasteiger partial charge in [-0.15, -0.1) is 10.2 Å². The molecule has 1 heterocycles. The highest BCUT2D eigenvalue weighted by Gasteiger charge is 2.42. The molecule has 0 radical (unpaired) electrons. The molecule has 1 saturated carbocycles. The first-order valence-electron chi connectivity index (χ1n) is 7.95. The average molecular weight is 278 g/mol. The SMILES string of the molecule is CC(C)CC1(c2nnc(CN)n2C(C)(C)C)CCCC1. The Morgan fingerprint density at radius 3 is 2.25 bits per heavy atom. The van der Waals surface area contributed by atoms with Crippen molar-refractivity contribution in [1.82, 2.24) is 14.8 Å². The van der Waals surface area contributed by atoms with Gasteiger partial charge in [0.15, 0.2) is 0 Å². The molecule has 4 nitrogen and oxygen atoms in total. The molecule has 0 atom stereocenters. The summed E-state index contributed by atoms with van der Waals surface area (Å²) in [5, 5.41) is 8.98. The molecular formula is C16H30N4. The van der Waals surface area contributed by atoms with E-state index in [4.69, 9.17) is 5.73 Å². The van der Waals surface area contributed by atoms with E-state index in [9.17, 15) is 0 Å². The van der Waals surface area contributed by atoms with Crippen molar-refractivity contribution >= 4 is 0 Å². The van der Waals surface area contributed by atoms with E-state index in [2.05, 4.69) is 49.4 Å². The fraction of sp³-hybridized carbons (Fsp3) is 0.875. The highest BCUT2D eigenvalue weighted by molar-refractivity contribution is 5.16. The smallest absolute Gasteiger partial charge is 0.147 e. The summed E-state index contributed by atoms with van der Waals surface area (Å²) in [4.78, 5) is 0. The normalized spacial score (nSPS) is 18.9.